The van der Waals surface area contributed by atoms with Crippen molar-refractivity contribution in [2.75, 3.05) is 0 Å². The zero-order valence-electron chi connectivity index (χ0n) is 17.8. The molecule has 3 atom stereocenters. The van der Waals surface area contributed by atoms with E-state index in [4.69, 9.17) is 9.47 Å². The van der Waals surface area contributed by atoms with Crippen molar-refractivity contribution in [3.63, 3.8) is 0 Å². The Morgan fingerprint density at radius 2 is 1.42 bits per heavy atom. The van der Waals surface area contributed by atoms with Crippen molar-refractivity contribution in [2.24, 2.45) is 23.2 Å². The Balaban J connectivity index is 2.45. The molecule has 2 aliphatic carbocycles. The van der Waals surface area contributed by atoms with E-state index < -0.39 is 16.6 Å². The third kappa shape index (κ3) is 4.43. The number of ether oxygens (including phenoxy) is 2. The van der Waals surface area contributed by atoms with Crippen LogP contribution in [0.5, 0.6) is 0 Å². The Morgan fingerprint density at radius 3 is 1.88 bits per heavy atom. The van der Waals surface area contributed by atoms with Crippen molar-refractivity contribution < 1.29 is 19.1 Å². The van der Waals surface area contributed by atoms with Crippen LogP contribution in [0.15, 0.2) is 0 Å². The van der Waals surface area contributed by atoms with Crippen LogP contribution >= 0.6 is 0 Å². The second-order valence-electron chi connectivity index (χ2n) is 10.3. The van der Waals surface area contributed by atoms with Crippen LogP contribution in [0.3, 0.4) is 0 Å². The van der Waals surface area contributed by atoms with Gasteiger partial charge in [0, 0.05) is 0 Å². The van der Waals surface area contributed by atoms with Crippen LogP contribution in [0.25, 0.3) is 0 Å². The molecule has 0 aromatic carbocycles. The molecule has 26 heavy (non-hydrogen) atoms. The molecule has 0 saturated heterocycles. The molecule has 0 spiro atoms. The van der Waals surface area contributed by atoms with E-state index in [0.29, 0.717) is 18.3 Å². The summed E-state index contributed by atoms with van der Waals surface area (Å²) in [6.45, 7) is 13.4. The molecular formula is C22H38O4. The molecule has 0 bridgehead atoms. The molecule has 4 heteroatoms. The van der Waals surface area contributed by atoms with E-state index in [1.807, 2.05) is 41.5 Å². The zero-order chi connectivity index (χ0) is 19.8. The van der Waals surface area contributed by atoms with Gasteiger partial charge in [0.05, 0.1) is 0 Å². The summed E-state index contributed by atoms with van der Waals surface area (Å²) in [5.74, 6) is 0.163. The number of fused-ring (bicyclic) bond motifs is 1. The minimum Gasteiger partial charge on any atom is -0.459 e. The predicted molar refractivity (Wildman–Crippen MR) is 103 cm³/mol. The molecule has 4 nitrogen and oxygen atoms in total. The summed E-state index contributed by atoms with van der Waals surface area (Å²) in [6, 6.07) is 0. The lowest BCUT2D eigenvalue weighted by atomic mass is 9.68. The van der Waals surface area contributed by atoms with E-state index in [-0.39, 0.29) is 17.9 Å². The standard InChI is InChI=1S/C22H38O4/c1-8-11-15-14-22(18(23)25-20(2,3)4,19(24)26-21(5,6)7)17-13-10-9-12-16(15)17/h15-17H,8-14H2,1-7H3. The molecule has 0 amide bonds. The molecule has 0 aromatic heterocycles. The SMILES string of the molecule is CCCC1CC(C(=O)OC(C)(C)C)(C(=O)OC(C)(C)C)C2CCCCC12. The molecule has 2 aliphatic rings. The van der Waals surface area contributed by atoms with Crippen LogP contribution in [0.1, 0.15) is 93.4 Å². The highest BCUT2D eigenvalue weighted by atomic mass is 16.6. The van der Waals surface area contributed by atoms with Gasteiger partial charge in [-0.05, 0) is 78.6 Å². The van der Waals surface area contributed by atoms with Crippen LogP contribution in [-0.4, -0.2) is 23.1 Å². The summed E-state index contributed by atoms with van der Waals surface area (Å²) in [6.07, 6.45) is 7.03. The zero-order valence-corrected chi connectivity index (χ0v) is 17.8. The van der Waals surface area contributed by atoms with Gasteiger partial charge in [-0.1, -0.05) is 32.6 Å². The number of carbonyl (C=O) groups excluding carboxylic acids is 2. The molecule has 2 saturated carbocycles. The monoisotopic (exact) mass is 366 g/mol. The summed E-state index contributed by atoms with van der Waals surface area (Å²) in [4.78, 5) is 26.8. The van der Waals surface area contributed by atoms with E-state index in [1.54, 1.807) is 0 Å². The third-order valence-electron chi connectivity index (χ3n) is 5.83. The van der Waals surface area contributed by atoms with Gasteiger partial charge < -0.3 is 9.47 Å². The van der Waals surface area contributed by atoms with Gasteiger partial charge in [0.1, 0.15) is 11.2 Å². The van der Waals surface area contributed by atoms with Gasteiger partial charge in [-0.25, -0.2) is 0 Å². The van der Waals surface area contributed by atoms with Gasteiger partial charge in [0.2, 0.25) is 0 Å². The van der Waals surface area contributed by atoms with Crippen molar-refractivity contribution in [3.8, 4) is 0 Å². The molecule has 0 radical (unpaired) electrons. The second kappa shape index (κ2) is 7.52. The summed E-state index contributed by atoms with van der Waals surface area (Å²) in [5, 5.41) is 0. The Kier molecular flexibility index (Phi) is 6.14. The first-order chi connectivity index (χ1) is 11.9. The van der Waals surface area contributed by atoms with Crippen LogP contribution in [-0.2, 0) is 19.1 Å². The molecule has 3 unspecified atom stereocenters. The first kappa shape index (κ1) is 21.2. The summed E-state index contributed by atoms with van der Waals surface area (Å²) in [5.41, 5.74) is -2.36. The van der Waals surface area contributed by atoms with E-state index in [9.17, 15) is 9.59 Å². The molecule has 150 valence electrons. The lowest BCUT2D eigenvalue weighted by Crippen LogP contribution is -2.50. The molecule has 0 N–H and O–H groups in total. The molecular weight excluding hydrogens is 328 g/mol. The largest absolute Gasteiger partial charge is 0.459 e. The smallest absolute Gasteiger partial charge is 0.324 e. The molecule has 2 rings (SSSR count). The number of hydrogen-bond donors (Lipinski definition) is 0. The van der Waals surface area contributed by atoms with E-state index in [1.165, 1.54) is 6.42 Å². The first-order valence-corrected chi connectivity index (χ1v) is 10.4. The molecule has 2 fully saturated rings. The Morgan fingerprint density at radius 1 is 0.923 bits per heavy atom. The average Bonchev–Trinajstić information content (AvgIpc) is 2.80. The Bertz CT molecular complexity index is 495. The van der Waals surface area contributed by atoms with E-state index >= 15 is 0 Å². The maximum atomic E-state index is 13.4. The van der Waals surface area contributed by atoms with Crippen molar-refractivity contribution in [1.82, 2.24) is 0 Å². The van der Waals surface area contributed by atoms with Crippen LogP contribution < -0.4 is 0 Å². The number of rotatable bonds is 4. The van der Waals surface area contributed by atoms with Crippen molar-refractivity contribution in [3.05, 3.63) is 0 Å². The molecule has 0 aromatic rings. The van der Waals surface area contributed by atoms with Crippen LogP contribution in [0, 0.1) is 23.2 Å². The highest BCUT2D eigenvalue weighted by Gasteiger charge is 2.64. The fourth-order valence-electron chi connectivity index (χ4n) is 5.03. The highest BCUT2D eigenvalue weighted by molar-refractivity contribution is 6.01. The van der Waals surface area contributed by atoms with E-state index in [2.05, 4.69) is 6.92 Å². The van der Waals surface area contributed by atoms with Gasteiger partial charge in [0.15, 0.2) is 5.41 Å². The number of hydrogen-bond acceptors (Lipinski definition) is 4. The molecule has 0 heterocycles. The highest BCUT2D eigenvalue weighted by Crippen LogP contribution is 2.59. The minimum absolute atomic E-state index is 0.0532. The van der Waals surface area contributed by atoms with Crippen molar-refractivity contribution in [1.29, 1.82) is 0 Å². The average molecular weight is 367 g/mol. The normalized spacial score (nSPS) is 28.3. The van der Waals surface area contributed by atoms with Crippen LogP contribution in [0.2, 0.25) is 0 Å². The third-order valence-corrected chi connectivity index (χ3v) is 5.83. The maximum absolute atomic E-state index is 13.4. The van der Waals surface area contributed by atoms with Gasteiger partial charge in [-0.15, -0.1) is 0 Å². The number of carbonyl (C=O) groups is 2. The van der Waals surface area contributed by atoms with Crippen molar-refractivity contribution >= 4 is 11.9 Å². The Labute approximate surface area is 159 Å². The van der Waals surface area contributed by atoms with Gasteiger partial charge >= 0.3 is 11.9 Å². The first-order valence-electron chi connectivity index (χ1n) is 10.4. The summed E-state index contributed by atoms with van der Waals surface area (Å²) in [7, 11) is 0. The summed E-state index contributed by atoms with van der Waals surface area (Å²) < 4.78 is 11.6. The van der Waals surface area contributed by atoms with E-state index in [0.717, 1.165) is 32.1 Å². The quantitative estimate of drug-likeness (QED) is 0.501. The second-order valence-corrected chi connectivity index (χ2v) is 10.3. The topological polar surface area (TPSA) is 52.6 Å². The fourth-order valence-corrected chi connectivity index (χ4v) is 5.03. The van der Waals surface area contributed by atoms with Crippen LogP contribution in [0.4, 0.5) is 0 Å². The minimum atomic E-state index is -1.13. The van der Waals surface area contributed by atoms with Gasteiger partial charge in [-0.3, -0.25) is 9.59 Å². The molecule has 0 aliphatic heterocycles. The van der Waals surface area contributed by atoms with Gasteiger partial charge in [-0.2, -0.15) is 0 Å². The lowest BCUT2D eigenvalue weighted by Gasteiger charge is -2.39. The van der Waals surface area contributed by atoms with Gasteiger partial charge in [0.25, 0.3) is 0 Å². The number of esters is 2. The maximum Gasteiger partial charge on any atom is 0.324 e. The van der Waals surface area contributed by atoms with Crippen molar-refractivity contribution in [2.45, 2.75) is 105 Å². The fraction of sp³-hybridized carbons (Fsp3) is 0.909. The summed E-state index contributed by atoms with van der Waals surface area (Å²) >= 11 is 0. The predicted octanol–water partition coefficient (Wildman–Crippen LogP) is 5.28. The lowest BCUT2D eigenvalue weighted by molar-refractivity contribution is -0.190. The Hall–Kier alpha value is -1.06.